The van der Waals surface area contributed by atoms with Gasteiger partial charge in [0, 0.05) is 6.61 Å². The zero-order chi connectivity index (χ0) is 12.5. The lowest BCUT2D eigenvalue weighted by atomic mass is 10.1. The summed E-state index contributed by atoms with van der Waals surface area (Å²) in [6.45, 7) is 2.18. The highest BCUT2D eigenvalue weighted by atomic mass is 16.6. The largest absolute Gasteiger partial charge is 0.482 e. The van der Waals surface area contributed by atoms with Crippen molar-refractivity contribution in [3.63, 3.8) is 0 Å². The first kappa shape index (κ1) is 13.5. The standard InChI is InChI=1S/C13H18O4/c1-2-16-13(15)10-17-12-8-4-3-6-11(12)7-5-9-14/h3-4,6,8,14H,2,5,7,9-10H2,1H3. The molecule has 4 nitrogen and oxygen atoms in total. The number of hydrogen-bond donors (Lipinski definition) is 1. The van der Waals surface area contributed by atoms with Crippen molar-refractivity contribution in [3.05, 3.63) is 29.8 Å². The zero-order valence-corrected chi connectivity index (χ0v) is 10.0. The minimum absolute atomic E-state index is 0.0794. The molecule has 0 bridgehead atoms. The highest BCUT2D eigenvalue weighted by molar-refractivity contribution is 5.71. The van der Waals surface area contributed by atoms with Gasteiger partial charge >= 0.3 is 5.97 Å². The van der Waals surface area contributed by atoms with Gasteiger partial charge in [0.2, 0.25) is 0 Å². The monoisotopic (exact) mass is 238 g/mol. The summed E-state index contributed by atoms with van der Waals surface area (Å²) in [5.41, 5.74) is 0.992. The summed E-state index contributed by atoms with van der Waals surface area (Å²) in [4.78, 5) is 11.2. The number of carbonyl (C=O) groups is 1. The van der Waals surface area contributed by atoms with Crippen LogP contribution in [-0.2, 0) is 16.0 Å². The summed E-state index contributed by atoms with van der Waals surface area (Å²) < 4.78 is 10.2. The predicted octanol–water partition coefficient (Wildman–Crippen LogP) is 1.55. The molecular weight excluding hydrogens is 220 g/mol. The van der Waals surface area contributed by atoms with Crippen LogP contribution in [0.5, 0.6) is 5.75 Å². The Labute approximate surface area is 101 Å². The average Bonchev–Trinajstić information content (AvgIpc) is 2.35. The van der Waals surface area contributed by atoms with E-state index in [1.165, 1.54) is 0 Å². The van der Waals surface area contributed by atoms with E-state index < -0.39 is 0 Å². The maximum atomic E-state index is 11.2. The van der Waals surface area contributed by atoms with Crippen LogP contribution in [0.25, 0.3) is 0 Å². The molecule has 0 spiro atoms. The van der Waals surface area contributed by atoms with Crippen molar-refractivity contribution < 1.29 is 19.4 Å². The van der Waals surface area contributed by atoms with Gasteiger partial charge in [-0.3, -0.25) is 0 Å². The molecule has 0 aromatic heterocycles. The third-order valence-corrected chi connectivity index (χ3v) is 2.23. The molecule has 1 aromatic carbocycles. The molecule has 0 atom stereocenters. The van der Waals surface area contributed by atoms with Crippen LogP contribution < -0.4 is 4.74 Å². The van der Waals surface area contributed by atoms with Gasteiger partial charge < -0.3 is 14.6 Å². The number of para-hydroxylation sites is 1. The van der Waals surface area contributed by atoms with Crippen LogP contribution in [0.3, 0.4) is 0 Å². The molecule has 4 heteroatoms. The first-order valence-electron chi connectivity index (χ1n) is 5.75. The lowest BCUT2D eigenvalue weighted by molar-refractivity contribution is -0.145. The molecule has 0 fully saturated rings. The van der Waals surface area contributed by atoms with E-state index in [1.54, 1.807) is 6.92 Å². The number of aliphatic hydroxyl groups is 1. The quantitative estimate of drug-likeness (QED) is 0.732. The number of benzene rings is 1. The number of aliphatic hydroxyl groups excluding tert-OH is 1. The fourth-order valence-electron chi connectivity index (χ4n) is 1.46. The van der Waals surface area contributed by atoms with Crippen molar-refractivity contribution >= 4 is 5.97 Å². The van der Waals surface area contributed by atoms with Crippen molar-refractivity contribution in [3.8, 4) is 5.75 Å². The van der Waals surface area contributed by atoms with Gasteiger partial charge in [-0.1, -0.05) is 18.2 Å². The molecule has 17 heavy (non-hydrogen) atoms. The molecule has 94 valence electrons. The average molecular weight is 238 g/mol. The Morgan fingerprint density at radius 2 is 2.12 bits per heavy atom. The summed E-state index contributed by atoms with van der Waals surface area (Å²) in [7, 11) is 0. The van der Waals surface area contributed by atoms with Crippen molar-refractivity contribution in [1.82, 2.24) is 0 Å². The van der Waals surface area contributed by atoms with Crippen molar-refractivity contribution in [2.24, 2.45) is 0 Å². The maximum absolute atomic E-state index is 11.2. The third-order valence-electron chi connectivity index (χ3n) is 2.23. The first-order valence-corrected chi connectivity index (χ1v) is 5.75. The normalized spacial score (nSPS) is 10.0. The van der Waals surface area contributed by atoms with Crippen LogP contribution in [0.4, 0.5) is 0 Å². The third kappa shape index (κ3) is 4.87. The van der Waals surface area contributed by atoms with E-state index in [4.69, 9.17) is 14.6 Å². The Hall–Kier alpha value is -1.55. The molecule has 0 aliphatic carbocycles. The Morgan fingerprint density at radius 1 is 1.35 bits per heavy atom. The number of rotatable bonds is 7. The summed E-state index contributed by atoms with van der Waals surface area (Å²) in [5, 5.41) is 8.79. The number of ether oxygens (including phenoxy) is 2. The van der Waals surface area contributed by atoms with Crippen molar-refractivity contribution in [1.29, 1.82) is 0 Å². The molecule has 0 amide bonds. The number of carbonyl (C=O) groups excluding carboxylic acids is 1. The molecule has 1 rings (SSSR count). The molecule has 0 heterocycles. The number of hydrogen-bond acceptors (Lipinski definition) is 4. The van der Waals surface area contributed by atoms with E-state index in [0.29, 0.717) is 18.8 Å². The van der Waals surface area contributed by atoms with Gasteiger partial charge in [-0.15, -0.1) is 0 Å². The van der Waals surface area contributed by atoms with Gasteiger partial charge in [0.05, 0.1) is 6.61 Å². The Balaban J connectivity index is 2.54. The van der Waals surface area contributed by atoms with E-state index in [2.05, 4.69) is 0 Å². The summed E-state index contributed by atoms with van der Waals surface area (Å²) in [6, 6.07) is 7.49. The second-order valence-electron chi connectivity index (χ2n) is 3.53. The first-order chi connectivity index (χ1) is 8.27. The summed E-state index contributed by atoms with van der Waals surface area (Å²) >= 11 is 0. The van der Waals surface area contributed by atoms with E-state index in [9.17, 15) is 4.79 Å². The van der Waals surface area contributed by atoms with Gasteiger partial charge in [0.25, 0.3) is 0 Å². The fraction of sp³-hybridized carbons (Fsp3) is 0.462. The van der Waals surface area contributed by atoms with E-state index in [0.717, 1.165) is 12.0 Å². The van der Waals surface area contributed by atoms with Gasteiger partial charge in [-0.25, -0.2) is 4.79 Å². The minimum Gasteiger partial charge on any atom is -0.482 e. The molecule has 0 radical (unpaired) electrons. The smallest absolute Gasteiger partial charge is 0.344 e. The molecule has 1 aromatic rings. The lowest BCUT2D eigenvalue weighted by Crippen LogP contribution is -2.15. The van der Waals surface area contributed by atoms with E-state index >= 15 is 0 Å². The summed E-state index contributed by atoms with van der Waals surface area (Å²) in [6.07, 6.45) is 1.41. The van der Waals surface area contributed by atoms with Crippen LogP contribution in [0.1, 0.15) is 18.9 Å². The van der Waals surface area contributed by atoms with Gasteiger partial charge in [-0.05, 0) is 31.4 Å². The van der Waals surface area contributed by atoms with Crippen molar-refractivity contribution in [2.75, 3.05) is 19.8 Å². The minimum atomic E-state index is -0.371. The predicted molar refractivity (Wildman–Crippen MR) is 64.0 cm³/mol. The van der Waals surface area contributed by atoms with E-state index in [1.807, 2.05) is 24.3 Å². The van der Waals surface area contributed by atoms with Gasteiger partial charge in [0.1, 0.15) is 5.75 Å². The molecule has 0 saturated carbocycles. The van der Waals surface area contributed by atoms with Crippen LogP contribution >= 0.6 is 0 Å². The molecular formula is C13H18O4. The Morgan fingerprint density at radius 3 is 2.82 bits per heavy atom. The molecule has 0 saturated heterocycles. The molecule has 0 unspecified atom stereocenters. The molecule has 0 aliphatic heterocycles. The molecule has 1 N–H and O–H groups in total. The van der Waals surface area contributed by atoms with E-state index in [-0.39, 0.29) is 19.2 Å². The topological polar surface area (TPSA) is 55.8 Å². The zero-order valence-electron chi connectivity index (χ0n) is 10.0. The summed E-state index contributed by atoms with van der Waals surface area (Å²) in [5.74, 6) is 0.304. The Bertz CT molecular complexity index is 349. The second kappa shape index (κ2) is 7.68. The number of esters is 1. The van der Waals surface area contributed by atoms with Crippen molar-refractivity contribution in [2.45, 2.75) is 19.8 Å². The molecule has 0 aliphatic rings. The maximum Gasteiger partial charge on any atom is 0.344 e. The van der Waals surface area contributed by atoms with Crippen LogP contribution in [0.15, 0.2) is 24.3 Å². The van der Waals surface area contributed by atoms with Crippen LogP contribution in [-0.4, -0.2) is 30.9 Å². The van der Waals surface area contributed by atoms with Crippen LogP contribution in [0, 0.1) is 0 Å². The van der Waals surface area contributed by atoms with Gasteiger partial charge in [0.15, 0.2) is 6.61 Å². The van der Waals surface area contributed by atoms with Gasteiger partial charge in [-0.2, -0.15) is 0 Å². The second-order valence-corrected chi connectivity index (χ2v) is 3.53. The van der Waals surface area contributed by atoms with Crippen LogP contribution in [0.2, 0.25) is 0 Å². The number of aryl methyl sites for hydroxylation is 1. The highest BCUT2D eigenvalue weighted by Crippen LogP contribution is 2.19. The Kier molecular flexibility index (Phi) is 6.10. The SMILES string of the molecule is CCOC(=O)COc1ccccc1CCCO. The fourth-order valence-corrected chi connectivity index (χ4v) is 1.46. The lowest BCUT2D eigenvalue weighted by Gasteiger charge is -2.10. The highest BCUT2D eigenvalue weighted by Gasteiger charge is 2.06.